The summed E-state index contributed by atoms with van der Waals surface area (Å²) in [5.74, 6) is 0.935. The molecule has 0 unspecified atom stereocenters. The quantitative estimate of drug-likeness (QED) is 0.457. The van der Waals surface area contributed by atoms with Gasteiger partial charge in [-0.15, -0.1) is 0 Å². The normalized spacial score (nSPS) is 38.1. The van der Waals surface area contributed by atoms with Crippen LogP contribution in [0, 0.1) is 39.4 Å². The smallest absolute Gasteiger partial charge is 0.174 e. The Hall–Kier alpha value is -1.31. The molecule has 3 fully saturated rings. The van der Waals surface area contributed by atoms with Gasteiger partial charge in [-0.3, -0.25) is 0 Å². The Morgan fingerprint density at radius 3 is 2.44 bits per heavy atom. The van der Waals surface area contributed by atoms with E-state index in [-0.39, 0.29) is 16.2 Å². The fraction of sp³-hybridized carbons (Fsp3) is 0.821. The molecule has 1 aliphatic heterocycles. The monoisotopic (exact) mass is 441 g/mol. The van der Waals surface area contributed by atoms with Crippen LogP contribution in [0.2, 0.25) is 0 Å². The van der Waals surface area contributed by atoms with E-state index in [1.54, 1.807) is 0 Å². The van der Waals surface area contributed by atoms with Crippen molar-refractivity contribution in [1.29, 1.82) is 5.26 Å². The number of rotatable bonds is 5. The molecule has 0 aromatic heterocycles. The van der Waals surface area contributed by atoms with E-state index < -0.39 is 5.79 Å². The highest BCUT2D eigenvalue weighted by Gasteiger charge is 2.60. The van der Waals surface area contributed by atoms with Gasteiger partial charge in [-0.2, -0.15) is 5.26 Å². The number of hydrogen-bond acceptors (Lipinski definition) is 4. The second-order valence-corrected chi connectivity index (χ2v) is 11.6. The van der Waals surface area contributed by atoms with Gasteiger partial charge < -0.3 is 14.6 Å². The molecule has 4 rings (SSSR count). The van der Waals surface area contributed by atoms with E-state index in [9.17, 15) is 10.4 Å². The number of aliphatic hydroxyl groups is 1. The first-order chi connectivity index (χ1) is 15.2. The lowest BCUT2D eigenvalue weighted by molar-refractivity contribution is -0.226. The lowest BCUT2D eigenvalue weighted by Gasteiger charge is -2.51. The third-order valence-electron chi connectivity index (χ3n) is 10.2. The van der Waals surface area contributed by atoms with Crippen molar-refractivity contribution in [1.82, 2.24) is 0 Å². The molecule has 1 N–H and O–H groups in total. The third-order valence-corrected chi connectivity index (χ3v) is 10.2. The Balaban J connectivity index is 1.64. The molecule has 1 heterocycles. The zero-order valence-corrected chi connectivity index (χ0v) is 20.9. The van der Waals surface area contributed by atoms with E-state index in [1.807, 2.05) is 0 Å². The molecule has 4 nitrogen and oxygen atoms in total. The molecule has 32 heavy (non-hydrogen) atoms. The highest BCUT2D eigenvalue weighted by molar-refractivity contribution is 5.45. The average Bonchev–Trinajstić information content (AvgIpc) is 3.51. The maximum Gasteiger partial charge on any atom is 0.174 e. The van der Waals surface area contributed by atoms with Gasteiger partial charge in [0.15, 0.2) is 5.79 Å². The molecule has 0 aromatic carbocycles. The van der Waals surface area contributed by atoms with Gasteiger partial charge in [0.25, 0.3) is 0 Å². The van der Waals surface area contributed by atoms with E-state index in [1.165, 1.54) is 5.57 Å². The minimum absolute atomic E-state index is 0.0124. The number of nitrogens with zero attached hydrogens (tertiary/aromatic N) is 1. The summed E-state index contributed by atoms with van der Waals surface area (Å²) in [4.78, 5) is 0. The van der Waals surface area contributed by atoms with Gasteiger partial charge in [-0.05, 0) is 62.2 Å². The highest BCUT2D eigenvalue weighted by Crippen LogP contribution is 2.64. The lowest BCUT2D eigenvalue weighted by atomic mass is 9.53. The van der Waals surface area contributed by atoms with Gasteiger partial charge in [-0.1, -0.05) is 59.1 Å². The Morgan fingerprint density at radius 2 is 1.84 bits per heavy atom. The van der Waals surface area contributed by atoms with Crippen LogP contribution in [0.4, 0.5) is 0 Å². The van der Waals surface area contributed by atoms with Gasteiger partial charge in [0.05, 0.1) is 24.9 Å². The third kappa shape index (κ3) is 3.30. The van der Waals surface area contributed by atoms with Crippen LogP contribution < -0.4 is 0 Å². The van der Waals surface area contributed by atoms with E-state index in [0.717, 1.165) is 57.8 Å². The molecule has 0 radical (unpaired) electrons. The van der Waals surface area contributed by atoms with Crippen molar-refractivity contribution < 1.29 is 14.6 Å². The van der Waals surface area contributed by atoms with E-state index in [4.69, 9.17) is 9.47 Å². The summed E-state index contributed by atoms with van der Waals surface area (Å²) < 4.78 is 12.5. The molecule has 4 heteroatoms. The van der Waals surface area contributed by atoms with Crippen LogP contribution >= 0.6 is 0 Å². The van der Waals surface area contributed by atoms with Crippen molar-refractivity contribution in [3.8, 4) is 6.07 Å². The summed E-state index contributed by atoms with van der Waals surface area (Å²) in [5.41, 5.74) is 1.61. The van der Waals surface area contributed by atoms with Crippen molar-refractivity contribution in [2.24, 2.45) is 28.1 Å². The van der Waals surface area contributed by atoms with Crippen molar-refractivity contribution in [3.63, 3.8) is 0 Å². The standard InChI is InChI=1S/C28H43NO3/c1-6-9-23-25(4,18-22(19-29)24(30)27(23)12-7-8-13-27)20(2)10-14-26(5)21(3)11-15-28(26)31-16-17-32-28/h9,20-21,30H,6-8,10-18H2,1-5H3/b23-9+/t20-,21-,25-,26+/m1/s1. The first-order valence-electron chi connectivity index (χ1n) is 13.0. The molecular weight excluding hydrogens is 398 g/mol. The fourth-order valence-corrected chi connectivity index (χ4v) is 7.75. The first-order valence-corrected chi connectivity index (χ1v) is 13.0. The Morgan fingerprint density at radius 1 is 1.19 bits per heavy atom. The molecule has 178 valence electrons. The zero-order chi connectivity index (χ0) is 23.2. The molecule has 0 amide bonds. The second-order valence-electron chi connectivity index (χ2n) is 11.6. The predicted octanol–water partition coefficient (Wildman–Crippen LogP) is 7.22. The SMILES string of the molecule is CC/C=C1/C2(CCCC2)C(O)=C(C#N)C[C@]1(C)[C@H](C)CC[C@@]1(C)[C@H](C)CCC12OCCO2. The van der Waals surface area contributed by atoms with Crippen LogP contribution in [0.3, 0.4) is 0 Å². The molecule has 3 aliphatic carbocycles. The Bertz CT molecular complexity index is 824. The summed E-state index contributed by atoms with van der Waals surface area (Å²) in [7, 11) is 0. The first kappa shape index (κ1) is 23.8. The van der Waals surface area contributed by atoms with Crippen molar-refractivity contribution >= 4 is 0 Å². The number of allylic oxidation sites excluding steroid dienone is 3. The number of hydrogen-bond donors (Lipinski definition) is 1. The zero-order valence-electron chi connectivity index (χ0n) is 20.9. The summed E-state index contributed by atoms with van der Waals surface area (Å²) in [6.45, 7) is 13.1. The second kappa shape index (κ2) is 8.48. The summed E-state index contributed by atoms with van der Waals surface area (Å²) in [5, 5.41) is 21.2. The summed E-state index contributed by atoms with van der Waals surface area (Å²) in [6.07, 6.45) is 12.5. The van der Waals surface area contributed by atoms with Crippen LogP contribution in [0.5, 0.6) is 0 Å². The number of nitriles is 1. The number of ether oxygens (including phenoxy) is 2. The Labute approximate surface area is 195 Å². The van der Waals surface area contributed by atoms with Crippen molar-refractivity contribution in [2.45, 2.75) is 105 Å². The minimum Gasteiger partial charge on any atom is -0.510 e. The molecule has 1 saturated heterocycles. The molecule has 4 aliphatic rings. The van der Waals surface area contributed by atoms with Gasteiger partial charge in [0.2, 0.25) is 0 Å². The Kier molecular flexibility index (Phi) is 6.31. The van der Waals surface area contributed by atoms with Gasteiger partial charge in [0.1, 0.15) is 5.76 Å². The molecule has 0 bridgehead atoms. The largest absolute Gasteiger partial charge is 0.510 e. The van der Waals surface area contributed by atoms with Crippen LogP contribution in [0.15, 0.2) is 23.0 Å². The fourth-order valence-electron chi connectivity index (χ4n) is 7.75. The van der Waals surface area contributed by atoms with Crippen LogP contribution in [0.1, 0.15) is 98.8 Å². The van der Waals surface area contributed by atoms with E-state index in [0.29, 0.717) is 42.8 Å². The van der Waals surface area contributed by atoms with Crippen molar-refractivity contribution in [2.75, 3.05) is 13.2 Å². The molecule has 4 atom stereocenters. The average molecular weight is 442 g/mol. The predicted molar refractivity (Wildman–Crippen MR) is 127 cm³/mol. The van der Waals surface area contributed by atoms with Gasteiger partial charge in [-0.25, -0.2) is 0 Å². The topological polar surface area (TPSA) is 62.5 Å². The number of aliphatic hydroxyl groups excluding tert-OH is 1. The summed E-state index contributed by atoms with van der Waals surface area (Å²) >= 11 is 0. The summed E-state index contributed by atoms with van der Waals surface area (Å²) in [6, 6.07) is 2.39. The highest BCUT2D eigenvalue weighted by atomic mass is 16.7. The molecular formula is C28H43NO3. The maximum atomic E-state index is 11.2. The van der Waals surface area contributed by atoms with E-state index in [2.05, 4.69) is 46.8 Å². The molecule has 2 saturated carbocycles. The van der Waals surface area contributed by atoms with Gasteiger partial charge >= 0.3 is 0 Å². The minimum atomic E-state index is -0.412. The lowest BCUT2D eigenvalue weighted by Crippen LogP contribution is -2.47. The van der Waals surface area contributed by atoms with Crippen LogP contribution in [-0.4, -0.2) is 24.1 Å². The molecule has 0 aromatic rings. The molecule has 2 spiro atoms. The van der Waals surface area contributed by atoms with Crippen molar-refractivity contribution in [3.05, 3.63) is 23.0 Å². The van der Waals surface area contributed by atoms with Crippen LogP contribution in [-0.2, 0) is 9.47 Å². The maximum absolute atomic E-state index is 11.2. The van der Waals surface area contributed by atoms with E-state index >= 15 is 0 Å². The van der Waals surface area contributed by atoms with Gasteiger partial charge in [0, 0.05) is 17.3 Å². The van der Waals surface area contributed by atoms with Crippen LogP contribution in [0.25, 0.3) is 0 Å².